The molecule has 21 heavy (non-hydrogen) atoms. The Morgan fingerprint density at radius 1 is 1.38 bits per heavy atom. The maximum absolute atomic E-state index is 11.3. The molecule has 0 aliphatic rings. The summed E-state index contributed by atoms with van der Waals surface area (Å²) in [6, 6.07) is 5.90. The topological polar surface area (TPSA) is 50.3 Å². The van der Waals surface area contributed by atoms with Crippen molar-refractivity contribution < 1.29 is 8.42 Å². The predicted molar refractivity (Wildman–Crippen MR) is 89.0 cm³/mol. The van der Waals surface area contributed by atoms with E-state index in [9.17, 15) is 8.42 Å². The third kappa shape index (κ3) is 4.69. The Balaban J connectivity index is 2.09. The molecule has 7 heteroatoms. The fourth-order valence-electron chi connectivity index (χ4n) is 1.87. The Hall–Kier alpha value is -1.11. The summed E-state index contributed by atoms with van der Waals surface area (Å²) in [6.07, 6.45) is 1.22. The first-order valence-corrected chi connectivity index (χ1v) is 9.65. The van der Waals surface area contributed by atoms with E-state index in [4.69, 9.17) is 11.6 Å². The molecule has 2 aromatic rings. The van der Waals surface area contributed by atoms with Gasteiger partial charge in [0.05, 0.1) is 12.2 Å². The summed E-state index contributed by atoms with van der Waals surface area (Å²) < 4.78 is 22.5. The number of nitrogens with zero attached hydrogens (tertiary/aromatic N) is 2. The van der Waals surface area contributed by atoms with Crippen molar-refractivity contribution in [2.24, 2.45) is 0 Å². The van der Waals surface area contributed by atoms with Gasteiger partial charge < -0.3 is 4.90 Å². The minimum atomic E-state index is -3.04. The maximum Gasteiger partial charge on any atom is 0.153 e. The highest BCUT2D eigenvalue weighted by atomic mass is 35.5. The second kappa shape index (κ2) is 6.34. The second-order valence-corrected chi connectivity index (χ2v) is 8.58. The molecule has 1 heterocycles. The summed E-state index contributed by atoms with van der Waals surface area (Å²) in [6.45, 7) is 2.57. The lowest BCUT2D eigenvalue weighted by Crippen LogP contribution is -2.16. The number of thiazole rings is 1. The van der Waals surface area contributed by atoms with E-state index in [1.165, 1.54) is 17.6 Å². The van der Waals surface area contributed by atoms with Crippen molar-refractivity contribution in [3.8, 4) is 0 Å². The highest BCUT2D eigenvalue weighted by molar-refractivity contribution is 7.90. The first kappa shape index (κ1) is 16.3. The molecule has 1 aromatic carbocycles. The van der Waals surface area contributed by atoms with Gasteiger partial charge >= 0.3 is 0 Å². The van der Waals surface area contributed by atoms with Crippen LogP contribution >= 0.6 is 22.9 Å². The van der Waals surface area contributed by atoms with Crippen LogP contribution in [0.3, 0.4) is 0 Å². The molecule has 0 radical (unpaired) electrons. The fourth-order valence-corrected chi connectivity index (χ4v) is 4.04. The number of aromatic nitrogens is 1. The molecule has 0 bridgehead atoms. The molecule has 0 atom stereocenters. The quantitative estimate of drug-likeness (QED) is 0.835. The number of anilines is 1. The van der Waals surface area contributed by atoms with Crippen LogP contribution in [0.5, 0.6) is 0 Å². The Bertz CT molecular complexity index is 741. The lowest BCUT2D eigenvalue weighted by Gasteiger charge is -2.18. The Kier molecular flexibility index (Phi) is 4.91. The highest BCUT2D eigenvalue weighted by Gasteiger charge is 2.11. The summed E-state index contributed by atoms with van der Waals surface area (Å²) in [7, 11) is -1.08. The summed E-state index contributed by atoms with van der Waals surface area (Å²) in [5, 5.41) is 3.26. The molecule has 0 spiro atoms. The molecule has 0 amide bonds. The molecule has 0 saturated heterocycles. The zero-order valence-corrected chi connectivity index (χ0v) is 14.5. The molecule has 0 N–H and O–H groups in total. The van der Waals surface area contributed by atoms with E-state index in [0.29, 0.717) is 11.6 Å². The third-order valence-electron chi connectivity index (χ3n) is 2.98. The number of hydrogen-bond acceptors (Lipinski definition) is 5. The summed E-state index contributed by atoms with van der Waals surface area (Å²) >= 11 is 7.51. The van der Waals surface area contributed by atoms with E-state index in [2.05, 4.69) is 4.98 Å². The van der Waals surface area contributed by atoms with Crippen molar-refractivity contribution >= 4 is 38.5 Å². The van der Waals surface area contributed by atoms with Crippen molar-refractivity contribution in [2.75, 3.05) is 18.2 Å². The molecule has 4 nitrogen and oxygen atoms in total. The van der Waals surface area contributed by atoms with Crippen LogP contribution in [0, 0.1) is 6.92 Å². The normalized spacial score (nSPS) is 11.6. The van der Waals surface area contributed by atoms with Crippen molar-refractivity contribution in [3.05, 3.63) is 44.9 Å². The maximum atomic E-state index is 11.3. The fraction of sp³-hybridized carbons (Fsp3) is 0.357. The van der Waals surface area contributed by atoms with Gasteiger partial charge in [-0.15, -0.1) is 11.3 Å². The molecular formula is C14H17ClN2O2S2. The summed E-state index contributed by atoms with van der Waals surface area (Å²) in [4.78, 5) is 6.40. The molecule has 0 fully saturated rings. The summed E-state index contributed by atoms with van der Waals surface area (Å²) in [5.74, 6) is -0.00224. The van der Waals surface area contributed by atoms with Gasteiger partial charge in [-0.3, -0.25) is 0 Å². The van der Waals surface area contributed by atoms with Gasteiger partial charge in [-0.05, 0) is 24.6 Å². The highest BCUT2D eigenvalue weighted by Crippen LogP contribution is 2.24. The lowest BCUT2D eigenvalue weighted by molar-refractivity contribution is 0.601. The Labute approximate surface area is 134 Å². The van der Waals surface area contributed by atoms with E-state index in [-0.39, 0.29) is 5.75 Å². The van der Waals surface area contributed by atoms with Crippen LogP contribution in [-0.4, -0.2) is 26.7 Å². The number of hydrogen-bond donors (Lipinski definition) is 0. The third-order valence-corrected chi connectivity index (χ3v) is 5.27. The Morgan fingerprint density at radius 3 is 2.71 bits per heavy atom. The molecule has 0 aliphatic carbocycles. The minimum absolute atomic E-state index is 0.00224. The van der Waals surface area contributed by atoms with Gasteiger partial charge in [-0.2, -0.15) is 0 Å². The molecule has 0 aliphatic heterocycles. The molecule has 1 aromatic heterocycles. The zero-order chi connectivity index (χ0) is 15.6. The number of sulfone groups is 1. The van der Waals surface area contributed by atoms with E-state index < -0.39 is 9.84 Å². The van der Waals surface area contributed by atoms with Crippen LogP contribution in [-0.2, 0) is 22.1 Å². The monoisotopic (exact) mass is 344 g/mol. The van der Waals surface area contributed by atoms with Crippen LogP contribution in [0.4, 0.5) is 5.69 Å². The van der Waals surface area contributed by atoms with Crippen molar-refractivity contribution in [3.63, 3.8) is 0 Å². The van der Waals surface area contributed by atoms with Gasteiger partial charge in [0.25, 0.3) is 0 Å². The molecule has 0 saturated carbocycles. The average Bonchev–Trinajstić information content (AvgIpc) is 2.77. The zero-order valence-electron chi connectivity index (χ0n) is 12.1. The SMILES string of the molecule is Cc1ccc(N(C)Cc2csc(CS(C)(=O)=O)n2)cc1Cl. The van der Waals surface area contributed by atoms with E-state index >= 15 is 0 Å². The first-order chi connectivity index (χ1) is 9.74. The van der Waals surface area contributed by atoms with Crippen molar-refractivity contribution in [2.45, 2.75) is 19.2 Å². The smallest absolute Gasteiger partial charge is 0.153 e. The van der Waals surface area contributed by atoms with Crippen LogP contribution in [0.25, 0.3) is 0 Å². The largest absolute Gasteiger partial charge is 0.369 e. The molecule has 114 valence electrons. The Morgan fingerprint density at radius 2 is 2.10 bits per heavy atom. The average molecular weight is 345 g/mol. The standard InChI is InChI=1S/C14H17ClN2O2S2/c1-10-4-5-12(6-13(10)15)17(2)7-11-8-20-14(16-11)9-21(3,18)19/h4-6,8H,7,9H2,1-3H3. The van der Waals surface area contributed by atoms with Gasteiger partial charge in [-0.25, -0.2) is 13.4 Å². The number of aryl methyl sites for hydroxylation is 1. The second-order valence-electron chi connectivity index (χ2n) is 5.09. The van der Waals surface area contributed by atoms with Gasteiger partial charge in [0, 0.05) is 29.4 Å². The molecular weight excluding hydrogens is 328 g/mol. The van der Waals surface area contributed by atoms with Crippen LogP contribution in [0.1, 0.15) is 16.3 Å². The van der Waals surface area contributed by atoms with Crippen LogP contribution < -0.4 is 4.90 Å². The first-order valence-electron chi connectivity index (χ1n) is 6.33. The van der Waals surface area contributed by atoms with Crippen molar-refractivity contribution in [1.82, 2.24) is 4.98 Å². The van der Waals surface area contributed by atoms with Gasteiger partial charge in [0.1, 0.15) is 10.8 Å². The minimum Gasteiger partial charge on any atom is -0.369 e. The van der Waals surface area contributed by atoms with Gasteiger partial charge in [0.2, 0.25) is 0 Å². The van der Waals surface area contributed by atoms with E-state index in [0.717, 1.165) is 22.0 Å². The number of benzene rings is 1. The van der Waals surface area contributed by atoms with Crippen LogP contribution in [0.2, 0.25) is 5.02 Å². The van der Waals surface area contributed by atoms with Gasteiger partial charge in [0.15, 0.2) is 9.84 Å². The van der Waals surface area contributed by atoms with Gasteiger partial charge in [-0.1, -0.05) is 17.7 Å². The van der Waals surface area contributed by atoms with E-state index in [1.807, 2.05) is 42.5 Å². The molecule has 0 unspecified atom stereocenters. The van der Waals surface area contributed by atoms with E-state index in [1.54, 1.807) is 0 Å². The number of rotatable bonds is 5. The lowest BCUT2D eigenvalue weighted by atomic mass is 10.2. The van der Waals surface area contributed by atoms with Crippen molar-refractivity contribution in [1.29, 1.82) is 0 Å². The van der Waals surface area contributed by atoms with Crippen LogP contribution in [0.15, 0.2) is 23.6 Å². The summed E-state index contributed by atoms with van der Waals surface area (Å²) in [5.41, 5.74) is 2.90. The number of halogens is 1. The molecule has 2 rings (SSSR count). The predicted octanol–water partition coefficient (Wildman–Crippen LogP) is 3.29.